The van der Waals surface area contributed by atoms with Crippen LogP contribution >= 0.6 is 11.8 Å². The summed E-state index contributed by atoms with van der Waals surface area (Å²) in [4.78, 5) is 11.6. The molecule has 1 aromatic rings. The molecule has 0 spiro atoms. The second-order valence-electron chi connectivity index (χ2n) is 4.22. The molecule has 0 unspecified atom stereocenters. The van der Waals surface area contributed by atoms with Gasteiger partial charge in [-0.2, -0.15) is 16.9 Å². The lowest BCUT2D eigenvalue weighted by Gasteiger charge is -2.12. The summed E-state index contributed by atoms with van der Waals surface area (Å²) >= 11 is 1.71. The highest BCUT2D eigenvalue weighted by Crippen LogP contribution is 2.14. The molecule has 4 heteroatoms. The zero-order chi connectivity index (χ0) is 12.7. The molecule has 0 aliphatic carbocycles. The highest BCUT2D eigenvalue weighted by molar-refractivity contribution is 7.98. The molecule has 0 aliphatic rings. The van der Waals surface area contributed by atoms with Gasteiger partial charge in [-0.1, -0.05) is 13.8 Å². The van der Waals surface area contributed by atoms with Crippen molar-refractivity contribution in [1.82, 2.24) is 9.78 Å². The summed E-state index contributed by atoms with van der Waals surface area (Å²) < 4.78 is 2.00. The fourth-order valence-corrected chi connectivity index (χ4v) is 2.28. The van der Waals surface area contributed by atoms with E-state index in [1.54, 1.807) is 11.8 Å². The lowest BCUT2D eigenvalue weighted by atomic mass is 10.2. The van der Waals surface area contributed by atoms with Gasteiger partial charge in [0.2, 0.25) is 0 Å². The van der Waals surface area contributed by atoms with Crippen LogP contribution in [0.1, 0.15) is 44.8 Å². The number of aromatic nitrogens is 2. The Hall–Kier alpha value is -0.770. The van der Waals surface area contributed by atoms with E-state index in [0.717, 1.165) is 24.3 Å². The smallest absolute Gasteiger partial charge is 0.139 e. The van der Waals surface area contributed by atoms with Gasteiger partial charge in [-0.25, -0.2) is 0 Å². The van der Waals surface area contributed by atoms with Crippen molar-refractivity contribution >= 4 is 17.5 Å². The van der Waals surface area contributed by atoms with Crippen molar-refractivity contribution < 1.29 is 4.79 Å². The van der Waals surface area contributed by atoms with Crippen LogP contribution in [0.2, 0.25) is 0 Å². The second kappa shape index (κ2) is 7.54. The van der Waals surface area contributed by atoms with Gasteiger partial charge in [-0.3, -0.25) is 9.48 Å². The number of Topliss-reactive ketones (excluding diaryl/α,β-unsaturated/α-hetero) is 1. The van der Waals surface area contributed by atoms with Crippen LogP contribution < -0.4 is 0 Å². The molecular weight excluding hydrogens is 232 g/mol. The van der Waals surface area contributed by atoms with Crippen LogP contribution in [0, 0.1) is 0 Å². The molecule has 17 heavy (non-hydrogen) atoms. The normalized spacial score (nSPS) is 11.1. The van der Waals surface area contributed by atoms with Crippen LogP contribution in [-0.4, -0.2) is 27.6 Å². The van der Waals surface area contributed by atoms with E-state index >= 15 is 0 Å². The van der Waals surface area contributed by atoms with Crippen LogP contribution in [0.15, 0.2) is 12.3 Å². The summed E-state index contributed by atoms with van der Waals surface area (Å²) in [6.45, 7) is 4.33. The van der Waals surface area contributed by atoms with E-state index in [0.29, 0.717) is 18.9 Å². The SMILES string of the molecule is CCC(CC)n1ccc(CC(=O)CCSC)n1. The van der Waals surface area contributed by atoms with Crippen LogP contribution in [-0.2, 0) is 11.2 Å². The maximum absolute atomic E-state index is 11.6. The molecule has 0 fully saturated rings. The number of carbonyl (C=O) groups is 1. The Morgan fingerprint density at radius 2 is 2.18 bits per heavy atom. The fourth-order valence-electron chi connectivity index (χ4n) is 1.84. The number of hydrogen-bond acceptors (Lipinski definition) is 3. The predicted octanol–water partition coefficient (Wildman–Crippen LogP) is 3.11. The number of carbonyl (C=O) groups excluding carboxylic acids is 1. The zero-order valence-electron chi connectivity index (χ0n) is 11.0. The first-order valence-electron chi connectivity index (χ1n) is 6.25. The fraction of sp³-hybridized carbons (Fsp3) is 0.692. The second-order valence-corrected chi connectivity index (χ2v) is 5.20. The van der Waals surface area contributed by atoms with Gasteiger partial charge in [0.25, 0.3) is 0 Å². The maximum atomic E-state index is 11.6. The molecule has 96 valence electrons. The van der Waals surface area contributed by atoms with Gasteiger partial charge in [-0.05, 0) is 30.9 Å². The summed E-state index contributed by atoms with van der Waals surface area (Å²) in [7, 11) is 0. The van der Waals surface area contributed by atoms with E-state index in [4.69, 9.17) is 0 Å². The van der Waals surface area contributed by atoms with Crippen molar-refractivity contribution in [3.05, 3.63) is 18.0 Å². The average molecular weight is 254 g/mol. The lowest BCUT2D eigenvalue weighted by molar-refractivity contribution is -0.118. The number of ketones is 1. The van der Waals surface area contributed by atoms with Gasteiger partial charge in [0.1, 0.15) is 5.78 Å². The molecule has 1 heterocycles. The molecule has 1 rings (SSSR count). The van der Waals surface area contributed by atoms with Crippen LogP contribution in [0.5, 0.6) is 0 Å². The first kappa shape index (κ1) is 14.3. The predicted molar refractivity (Wildman–Crippen MR) is 73.6 cm³/mol. The molecule has 0 aromatic carbocycles. The maximum Gasteiger partial charge on any atom is 0.139 e. The minimum Gasteiger partial charge on any atom is -0.299 e. The van der Waals surface area contributed by atoms with Crippen molar-refractivity contribution in [1.29, 1.82) is 0 Å². The highest BCUT2D eigenvalue weighted by Gasteiger charge is 2.10. The zero-order valence-corrected chi connectivity index (χ0v) is 11.8. The Bertz CT molecular complexity index is 345. The lowest BCUT2D eigenvalue weighted by Crippen LogP contribution is -2.09. The molecule has 0 N–H and O–H groups in total. The molecule has 0 bridgehead atoms. The molecular formula is C13H22N2OS. The van der Waals surface area contributed by atoms with Crippen molar-refractivity contribution in [2.45, 2.75) is 45.6 Å². The Balaban J connectivity index is 2.53. The van der Waals surface area contributed by atoms with Crippen molar-refractivity contribution in [2.24, 2.45) is 0 Å². The summed E-state index contributed by atoms with van der Waals surface area (Å²) in [6, 6.07) is 2.43. The van der Waals surface area contributed by atoms with E-state index in [9.17, 15) is 4.79 Å². The molecule has 0 aliphatic heterocycles. The highest BCUT2D eigenvalue weighted by atomic mass is 32.2. The summed E-state index contributed by atoms with van der Waals surface area (Å²) in [6.07, 6.45) is 7.31. The first-order valence-corrected chi connectivity index (χ1v) is 7.65. The van der Waals surface area contributed by atoms with Gasteiger partial charge < -0.3 is 0 Å². The Morgan fingerprint density at radius 3 is 2.76 bits per heavy atom. The summed E-state index contributed by atoms with van der Waals surface area (Å²) in [5, 5.41) is 4.49. The van der Waals surface area contributed by atoms with Gasteiger partial charge in [0.05, 0.1) is 18.2 Å². The van der Waals surface area contributed by atoms with Gasteiger partial charge in [0.15, 0.2) is 0 Å². The van der Waals surface area contributed by atoms with Gasteiger partial charge >= 0.3 is 0 Å². The molecule has 0 amide bonds. The van der Waals surface area contributed by atoms with Crippen LogP contribution in [0.4, 0.5) is 0 Å². The molecule has 0 saturated carbocycles. The first-order chi connectivity index (χ1) is 8.21. The van der Waals surface area contributed by atoms with E-state index < -0.39 is 0 Å². The topological polar surface area (TPSA) is 34.9 Å². The number of nitrogens with zero attached hydrogens (tertiary/aromatic N) is 2. The van der Waals surface area contributed by atoms with E-state index in [1.807, 2.05) is 23.2 Å². The van der Waals surface area contributed by atoms with Crippen LogP contribution in [0.3, 0.4) is 0 Å². The summed E-state index contributed by atoms with van der Waals surface area (Å²) in [5.41, 5.74) is 0.906. The van der Waals surface area contributed by atoms with Gasteiger partial charge in [-0.15, -0.1) is 0 Å². The van der Waals surface area contributed by atoms with Crippen LogP contribution in [0.25, 0.3) is 0 Å². The van der Waals surface area contributed by atoms with Gasteiger partial charge in [0, 0.05) is 12.6 Å². The third-order valence-corrected chi connectivity index (χ3v) is 3.56. The van der Waals surface area contributed by atoms with Crippen molar-refractivity contribution in [3.8, 4) is 0 Å². The van der Waals surface area contributed by atoms with Crippen molar-refractivity contribution in [2.75, 3.05) is 12.0 Å². The standard InChI is InChI=1S/C13H22N2OS/c1-4-12(5-2)15-8-6-11(14-15)10-13(16)7-9-17-3/h6,8,12H,4-5,7,9-10H2,1-3H3. The number of thioether (sulfide) groups is 1. The third-order valence-electron chi connectivity index (χ3n) is 2.94. The van der Waals surface area contributed by atoms with E-state index in [1.165, 1.54) is 0 Å². The van der Waals surface area contributed by atoms with E-state index in [-0.39, 0.29) is 5.78 Å². The average Bonchev–Trinajstić information content (AvgIpc) is 2.76. The quantitative estimate of drug-likeness (QED) is 0.715. The van der Waals surface area contributed by atoms with E-state index in [2.05, 4.69) is 18.9 Å². The Kier molecular flexibility index (Phi) is 6.34. The minimum atomic E-state index is 0.286. The Morgan fingerprint density at radius 1 is 1.47 bits per heavy atom. The largest absolute Gasteiger partial charge is 0.299 e. The molecule has 1 aromatic heterocycles. The monoisotopic (exact) mass is 254 g/mol. The van der Waals surface area contributed by atoms with Crippen molar-refractivity contribution in [3.63, 3.8) is 0 Å². The summed E-state index contributed by atoms with van der Waals surface area (Å²) in [5.74, 6) is 1.20. The molecule has 0 radical (unpaired) electrons. The minimum absolute atomic E-state index is 0.286. The number of hydrogen-bond donors (Lipinski definition) is 0. The number of rotatable bonds is 8. The molecule has 0 saturated heterocycles. The third kappa shape index (κ3) is 4.54. The molecule has 3 nitrogen and oxygen atoms in total. The molecule has 0 atom stereocenters. The Labute approximate surface area is 108 Å².